The number of hydrogen-bond acceptors (Lipinski definition) is 3. The van der Waals surface area contributed by atoms with Gasteiger partial charge in [0.05, 0.1) is 0 Å². The molecule has 2 N–H and O–H groups in total. The Morgan fingerprint density at radius 1 is 1.50 bits per heavy atom. The van der Waals surface area contributed by atoms with Gasteiger partial charge in [0.1, 0.15) is 6.10 Å². The molecule has 0 aromatic heterocycles. The van der Waals surface area contributed by atoms with Crippen molar-refractivity contribution in [1.82, 2.24) is 0 Å². The number of hydrogen-bond donors (Lipinski definition) is 1. The first-order valence-corrected chi connectivity index (χ1v) is 4.69. The highest BCUT2D eigenvalue weighted by molar-refractivity contribution is 5.69. The highest BCUT2D eigenvalue weighted by Crippen LogP contribution is 2.19. The van der Waals surface area contributed by atoms with Gasteiger partial charge in [0.15, 0.2) is 0 Å². The van der Waals surface area contributed by atoms with Crippen LogP contribution in [0.4, 0.5) is 0 Å². The summed E-state index contributed by atoms with van der Waals surface area (Å²) < 4.78 is 5.19. The molecule has 0 bridgehead atoms. The smallest absolute Gasteiger partial charge is 0.305 e. The second-order valence-electron chi connectivity index (χ2n) is 3.33. The first-order valence-electron chi connectivity index (χ1n) is 4.69. The second kappa shape index (κ2) is 4.45. The molecule has 1 aliphatic carbocycles. The van der Waals surface area contributed by atoms with Gasteiger partial charge in [-0.2, -0.15) is 0 Å². The molecule has 1 aliphatic rings. The topological polar surface area (TPSA) is 52.3 Å². The zero-order valence-corrected chi connectivity index (χ0v) is 7.58. The molecule has 70 valence electrons. The molecule has 12 heavy (non-hydrogen) atoms. The van der Waals surface area contributed by atoms with Crippen LogP contribution in [0, 0.1) is 0 Å². The summed E-state index contributed by atoms with van der Waals surface area (Å²) in [6.45, 7) is 1.80. The van der Waals surface area contributed by atoms with E-state index in [4.69, 9.17) is 10.5 Å². The van der Waals surface area contributed by atoms with Crippen LogP contribution in [0.1, 0.15) is 39.0 Å². The lowest BCUT2D eigenvalue weighted by Crippen LogP contribution is -2.40. The largest absolute Gasteiger partial charge is 0.461 e. The minimum absolute atomic E-state index is 0.0220. The van der Waals surface area contributed by atoms with Crippen LogP contribution < -0.4 is 5.73 Å². The summed E-state index contributed by atoms with van der Waals surface area (Å²) in [4.78, 5) is 10.9. The van der Waals surface area contributed by atoms with Gasteiger partial charge in [-0.3, -0.25) is 4.79 Å². The molecular weight excluding hydrogens is 154 g/mol. The summed E-state index contributed by atoms with van der Waals surface area (Å²) in [6, 6.07) is 0.0641. The third-order valence-corrected chi connectivity index (χ3v) is 2.33. The van der Waals surface area contributed by atoms with Crippen molar-refractivity contribution in [3.05, 3.63) is 0 Å². The van der Waals surface area contributed by atoms with Gasteiger partial charge in [-0.05, 0) is 19.3 Å². The normalized spacial score (nSPS) is 29.8. The van der Waals surface area contributed by atoms with Crippen molar-refractivity contribution in [3.8, 4) is 0 Å². The molecule has 3 heteroatoms. The number of esters is 1. The third kappa shape index (κ3) is 2.48. The SMILES string of the molecule is CCC(=O)O[C@H]1CCCC[C@@H]1N. The predicted octanol–water partition coefficient (Wildman–Crippen LogP) is 1.21. The summed E-state index contributed by atoms with van der Waals surface area (Å²) in [7, 11) is 0. The monoisotopic (exact) mass is 171 g/mol. The molecule has 1 rings (SSSR count). The van der Waals surface area contributed by atoms with Crippen molar-refractivity contribution in [3.63, 3.8) is 0 Å². The quantitative estimate of drug-likeness (QED) is 0.635. The van der Waals surface area contributed by atoms with E-state index in [0.717, 1.165) is 19.3 Å². The van der Waals surface area contributed by atoms with E-state index >= 15 is 0 Å². The second-order valence-corrected chi connectivity index (χ2v) is 3.33. The molecule has 0 aromatic rings. The van der Waals surface area contributed by atoms with Gasteiger partial charge in [-0.15, -0.1) is 0 Å². The lowest BCUT2D eigenvalue weighted by Gasteiger charge is -2.27. The van der Waals surface area contributed by atoms with Gasteiger partial charge >= 0.3 is 5.97 Å². The van der Waals surface area contributed by atoms with Gasteiger partial charge < -0.3 is 10.5 Å². The highest BCUT2D eigenvalue weighted by atomic mass is 16.5. The molecule has 0 amide bonds. The first-order chi connectivity index (χ1) is 5.74. The molecule has 1 saturated carbocycles. The van der Waals surface area contributed by atoms with Crippen molar-refractivity contribution in [2.75, 3.05) is 0 Å². The Morgan fingerprint density at radius 3 is 2.75 bits per heavy atom. The Labute approximate surface area is 73.3 Å². The Kier molecular flexibility index (Phi) is 3.53. The summed E-state index contributed by atoms with van der Waals surface area (Å²) in [5.41, 5.74) is 5.80. The van der Waals surface area contributed by atoms with E-state index in [-0.39, 0.29) is 18.1 Å². The van der Waals surface area contributed by atoms with Crippen molar-refractivity contribution in [1.29, 1.82) is 0 Å². The van der Waals surface area contributed by atoms with E-state index in [2.05, 4.69) is 0 Å². The average molecular weight is 171 g/mol. The third-order valence-electron chi connectivity index (χ3n) is 2.33. The van der Waals surface area contributed by atoms with Gasteiger partial charge in [-0.1, -0.05) is 13.3 Å². The summed E-state index contributed by atoms with van der Waals surface area (Å²) >= 11 is 0. The molecule has 3 nitrogen and oxygen atoms in total. The van der Waals surface area contributed by atoms with Crippen LogP contribution in [0.3, 0.4) is 0 Å². The van der Waals surface area contributed by atoms with Gasteiger partial charge in [0.2, 0.25) is 0 Å². The van der Waals surface area contributed by atoms with E-state index in [1.807, 2.05) is 0 Å². The minimum atomic E-state index is -0.127. The average Bonchev–Trinajstić information content (AvgIpc) is 2.09. The van der Waals surface area contributed by atoms with Gasteiger partial charge in [0.25, 0.3) is 0 Å². The number of carbonyl (C=O) groups is 1. The Morgan fingerprint density at radius 2 is 2.17 bits per heavy atom. The van der Waals surface area contributed by atoms with Crippen LogP contribution >= 0.6 is 0 Å². The van der Waals surface area contributed by atoms with Crippen LogP contribution in [-0.4, -0.2) is 18.1 Å². The van der Waals surface area contributed by atoms with E-state index in [1.165, 1.54) is 6.42 Å². The molecule has 0 unspecified atom stereocenters. The zero-order valence-electron chi connectivity index (χ0n) is 7.58. The molecule has 0 radical (unpaired) electrons. The van der Waals surface area contributed by atoms with Crippen LogP contribution in [-0.2, 0) is 9.53 Å². The summed E-state index contributed by atoms with van der Waals surface area (Å²) in [5.74, 6) is -0.127. The van der Waals surface area contributed by atoms with Gasteiger partial charge in [-0.25, -0.2) is 0 Å². The molecule has 1 fully saturated rings. The fraction of sp³-hybridized carbons (Fsp3) is 0.889. The van der Waals surface area contributed by atoms with Crippen molar-refractivity contribution < 1.29 is 9.53 Å². The molecule has 0 heterocycles. The summed E-state index contributed by atoms with van der Waals surface area (Å²) in [5, 5.41) is 0. The predicted molar refractivity (Wildman–Crippen MR) is 46.6 cm³/mol. The van der Waals surface area contributed by atoms with Crippen LogP contribution in [0.5, 0.6) is 0 Å². The van der Waals surface area contributed by atoms with Crippen LogP contribution in [0.25, 0.3) is 0 Å². The number of carbonyl (C=O) groups excluding carboxylic acids is 1. The fourth-order valence-corrected chi connectivity index (χ4v) is 1.52. The zero-order chi connectivity index (χ0) is 8.97. The molecular formula is C9H17NO2. The fourth-order valence-electron chi connectivity index (χ4n) is 1.52. The van der Waals surface area contributed by atoms with E-state index in [0.29, 0.717) is 6.42 Å². The first kappa shape index (κ1) is 9.52. The lowest BCUT2D eigenvalue weighted by molar-refractivity contribution is -0.151. The van der Waals surface area contributed by atoms with Crippen molar-refractivity contribution >= 4 is 5.97 Å². The van der Waals surface area contributed by atoms with Crippen LogP contribution in [0.15, 0.2) is 0 Å². The Balaban J connectivity index is 2.33. The Hall–Kier alpha value is -0.570. The maximum Gasteiger partial charge on any atom is 0.305 e. The molecule has 0 spiro atoms. The molecule has 0 saturated heterocycles. The van der Waals surface area contributed by atoms with Gasteiger partial charge in [0, 0.05) is 12.5 Å². The van der Waals surface area contributed by atoms with E-state index < -0.39 is 0 Å². The highest BCUT2D eigenvalue weighted by Gasteiger charge is 2.24. The van der Waals surface area contributed by atoms with Crippen LogP contribution in [0.2, 0.25) is 0 Å². The minimum Gasteiger partial charge on any atom is -0.461 e. The van der Waals surface area contributed by atoms with Crippen molar-refractivity contribution in [2.24, 2.45) is 5.73 Å². The maximum atomic E-state index is 10.9. The Bertz CT molecular complexity index is 159. The standard InChI is InChI=1S/C9H17NO2/c1-2-9(11)12-8-6-4-3-5-7(8)10/h7-8H,2-6,10H2,1H3/t7-,8-/m0/s1. The van der Waals surface area contributed by atoms with Crippen molar-refractivity contribution in [2.45, 2.75) is 51.2 Å². The number of rotatable bonds is 2. The molecule has 2 atom stereocenters. The maximum absolute atomic E-state index is 10.9. The number of ether oxygens (including phenoxy) is 1. The number of nitrogens with two attached hydrogens (primary N) is 1. The lowest BCUT2D eigenvalue weighted by atomic mass is 9.93. The molecule has 0 aromatic carbocycles. The van der Waals surface area contributed by atoms with E-state index in [9.17, 15) is 4.79 Å². The summed E-state index contributed by atoms with van der Waals surface area (Å²) in [6.07, 6.45) is 4.65. The van der Waals surface area contributed by atoms with E-state index in [1.54, 1.807) is 6.92 Å². The molecule has 0 aliphatic heterocycles.